The summed E-state index contributed by atoms with van der Waals surface area (Å²) in [6.07, 6.45) is 4.06. The summed E-state index contributed by atoms with van der Waals surface area (Å²) >= 11 is 0. The second-order valence-electron chi connectivity index (χ2n) is 5.97. The van der Waals surface area contributed by atoms with Crippen molar-refractivity contribution >= 4 is 12.1 Å². The lowest BCUT2D eigenvalue weighted by molar-refractivity contribution is -0.151. The van der Waals surface area contributed by atoms with Crippen molar-refractivity contribution in [1.82, 2.24) is 4.90 Å². The van der Waals surface area contributed by atoms with Gasteiger partial charge in [0.15, 0.2) is 5.54 Å². The zero-order valence-electron chi connectivity index (χ0n) is 11.9. The largest absolute Gasteiger partial charge is 0.464 e. The Kier molecular flexibility index (Phi) is 3.32. The summed E-state index contributed by atoms with van der Waals surface area (Å²) in [5.41, 5.74) is -1.40. The molecule has 0 aromatic heterocycles. The number of hydrogen-bond acceptors (Lipinski definition) is 4. The van der Waals surface area contributed by atoms with Crippen molar-refractivity contribution in [2.45, 2.75) is 45.3 Å². The van der Waals surface area contributed by atoms with Crippen LogP contribution >= 0.6 is 0 Å². The summed E-state index contributed by atoms with van der Waals surface area (Å²) in [4.78, 5) is 25.9. The third kappa shape index (κ3) is 2.46. The van der Waals surface area contributed by atoms with Crippen LogP contribution in [0.5, 0.6) is 0 Å². The van der Waals surface area contributed by atoms with Gasteiger partial charge in [0.1, 0.15) is 5.60 Å². The van der Waals surface area contributed by atoms with Crippen LogP contribution in [0.4, 0.5) is 4.79 Å². The summed E-state index contributed by atoms with van der Waals surface area (Å²) in [5.74, 6) is -0.261. The number of carbonyl (C=O) groups is 2. The highest BCUT2D eigenvalue weighted by Crippen LogP contribution is 2.52. The lowest BCUT2D eigenvalue weighted by atomic mass is 10.1. The first kappa shape index (κ1) is 13.9. The Morgan fingerprint density at radius 3 is 2.68 bits per heavy atom. The van der Waals surface area contributed by atoms with E-state index in [4.69, 9.17) is 9.47 Å². The van der Waals surface area contributed by atoms with Crippen LogP contribution in [0.2, 0.25) is 0 Å². The Bertz CT molecular complexity index is 424. The van der Waals surface area contributed by atoms with Crippen LogP contribution in [0.1, 0.15) is 34.1 Å². The van der Waals surface area contributed by atoms with Crippen LogP contribution in [-0.2, 0) is 14.3 Å². The monoisotopic (exact) mass is 267 g/mol. The van der Waals surface area contributed by atoms with Gasteiger partial charge in [-0.1, -0.05) is 12.2 Å². The molecule has 5 heteroatoms. The minimum absolute atomic E-state index is 0.0628. The van der Waals surface area contributed by atoms with Gasteiger partial charge in [-0.15, -0.1) is 0 Å². The predicted molar refractivity (Wildman–Crippen MR) is 69.6 cm³/mol. The van der Waals surface area contributed by atoms with E-state index in [1.54, 1.807) is 6.92 Å². The third-order valence-corrected chi connectivity index (χ3v) is 3.37. The van der Waals surface area contributed by atoms with Crippen LogP contribution in [0, 0.1) is 5.92 Å². The fourth-order valence-corrected chi connectivity index (χ4v) is 2.46. The summed E-state index contributed by atoms with van der Waals surface area (Å²) in [5, 5.41) is 0. The van der Waals surface area contributed by atoms with Crippen molar-refractivity contribution in [3.8, 4) is 0 Å². The van der Waals surface area contributed by atoms with E-state index in [1.807, 2.05) is 32.9 Å². The first-order valence-corrected chi connectivity index (χ1v) is 6.66. The zero-order valence-corrected chi connectivity index (χ0v) is 11.9. The quantitative estimate of drug-likeness (QED) is 0.568. The van der Waals surface area contributed by atoms with Crippen LogP contribution in [0.3, 0.4) is 0 Å². The average Bonchev–Trinajstić information content (AvgIpc) is 3.01. The molecule has 2 aliphatic rings. The molecule has 0 spiro atoms. The molecule has 5 nitrogen and oxygen atoms in total. The first-order valence-electron chi connectivity index (χ1n) is 6.66. The van der Waals surface area contributed by atoms with E-state index in [0.717, 1.165) is 0 Å². The summed E-state index contributed by atoms with van der Waals surface area (Å²) in [6.45, 7) is 7.91. The maximum absolute atomic E-state index is 12.2. The number of nitrogens with zero attached hydrogens (tertiary/aromatic N) is 1. The van der Waals surface area contributed by atoms with Gasteiger partial charge in [0.25, 0.3) is 0 Å². The lowest BCUT2D eigenvalue weighted by Gasteiger charge is -2.33. The minimum atomic E-state index is -0.826. The van der Waals surface area contributed by atoms with Gasteiger partial charge < -0.3 is 9.47 Å². The van der Waals surface area contributed by atoms with Crippen molar-refractivity contribution in [3.63, 3.8) is 0 Å². The Balaban J connectivity index is 2.17. The Morgan fingerprint density at radius 1 is 1.42 bits per heavy atom. The van der Waals surface area contributed by atoms with Gasteiger partial charge in [-0.3, -0.25) is 4.90 Å². The molecule has 2 atom stereocenters. The van der Waals surface area contributed by atoms with Crippen molar-refractivity contribution in [2.75, 3.05) is 13.2 Å². The third-order valence-electron chi connectivity index (χ3n) is 3.37. The number of hydrogen-bond donors (Lipinski definition) is 0. The number of ether oxygens (including phenoxy) is 2. The number of esters is 1. The topological polar surface area (TPSA) is 55.8 Å². The molecular weight excluding hydrogens is 246 g/mol. The van der Waals surface area contributed by atoms with E-state index >= 15 is 0 Å². The molecule has 106 valence electrons. The van der Waals surface area contributed by atoms with Gasteiger partial charge >= 0.3 is 12.1 Å². The van der Waals surface area contributed by atoms with E-state index in [2.05, 4.69) is 0 Å². The Labute approximate surface area is 113 Å². The highest BCUT2D eigenvalue weighted by molar-refractivity contribution is 5.90. The van der Waals surface area contributed by atoms with Crippen LogP contribution in [-0.4, -0.2) is 41.3 Å². The van der Waals surface area contributed by atoms with Gasteiger partial charge in [-0.25, -0.2) is 9.59 Å². The Morgan fingerprint density at radius 2 is 2.11 bits per heavy atom. The average molecular weight is 267 g/mol. The molecule has 0 N–H and O–H groups in total. The van der Waals surface area contributed by atoms with Gasteiger partial charge in [-0.2, -0.15) is 0 Å². The number of fused-ring (bicyclic) bond motifs is 1. The highest BCUT2D eigenvalue weighted by Gasteiger charge is 2.67. The van der Waals surface area contributed by atoms with Gasteiger partial charge in [0.05, 0.1) is 6.61 Å². The maximum atomic E-state index is 12.2. The molecule has 0 radical (unpaired) electrons. The SMILES string of the molecule is CCOC(=O)[C@]12C[C@H]1C=CCN2C(=O)OC(C)(C)C. The molecule has 1 aliphatic heterocycles. The summed E-state index contributed by atoms with van der Waals surface area (Å²) in [6, 6.07) is 0. The Hall–Kier alpha value is -1.52. The number of amides is 1. The van der Waals surface area contributed by atoms with Gasteiger partial charge in [0.2, 0.25) is 0 Å². The molecule has 2 rings (SSSR count). The molecule has 0 aromatic rings. The summed E-state index contributed by atoms with van der Waals surface area (Å²) in [7, 11) is 0. The molecule has 19 heavy (non-hydrogen) atoms. The highest BCUT2D eigenvalue weighted by atomic mass is 16.6. The van der Waals surface area contributed by atoms with E-state index in [-0.39, 0.29) is 11.9 Å². The van der Waals surface area contributed by atoms with Crippen molar-refractivity contribution in [2.24, 2.45) is 5.92 Å². The smallest absolute Gasteiger partial charge is 0.411 e. The predicted octanol–water partition coefficient (Wildman–Crippen LogP) is 2.12. The van der Waals surface area contributed by atoms with Crippen molar-refractivity contribution in [1.29, 1.82) is 0 Å². The van der Waals surface area contributed by atoms with E-state index < -0.39 is 17.2 Å². The van der Waals surface area contributed by atoms with Gasteiger partial charge in [-0.05, 0) is 34.1 Å². The van der Waals surface area contributed by atoms with Crippen molar-refractivity contribution in [3.05, 3.63) is 12.2 Å². The second kappa shape index (κ2) is 4.54. The van der Waals surface area contributed by atoms with E-state index in [9.17, 15) is 9.59 Å². The van der Waals surface area contributed by atoms with Crippen LogP contribution in [0.15, 0.2) is 12.2 Å². The standard InChI is InChI=1S/C14H21NO4/c1-5-18-11(16)14-9-10(14)7-6-8-15(14)12(17)19-13(2,3)4/h6-7,10H,5,8-9H2,1-4H3/t10-,14+/m1/s1. The van der Waals surface area contributed by atoms with E-state index in [0.29, 0.717) is 19.6 Å². The molecule has 1 aliphatic carbocycles. The summed E-state index contributed by atoms with van der Waals surface area (Å²) < 4.78 is 10.5. The minimum Gasteiger partial charge on any atom is -0.464 e. The fourth-order valence-electron chi connectivity index (χ4n) is 2.46. The number of rotatable bonds is 2. The van der Waals surface area contributed by atoms with Crippen LogP contribution < -0.4 is 0 Å². The lowest BCUT2D eigenvalue weighted by Crippen LogP contribution is -2.52. The van der Waals surface area contributed by atoms with Gasteiger partial charge in [0, 0.05) is 12.5 Å². The molecule has 0 saturated heterocycles. The fraction of sp³-hybridized carbons (Fsp3) is 0.714. The van der Waals surface area contributed by atoms with Crippen LogP contribution in [0.25, 0.3) is 0 Å². The zero-order chi connectivity index (χ0) is 14.3. The molecule has 1 saturated carbocycles. The molecule has 0 bridgehead atoms. The maximum Gasteiger partial charge on any atom is 0.411 e. The molecule has 0 aromatic carbocycles. The van der Waals surface area contributed by atoms with Crippen molar-refractivity contribution < 1.29 is 19.1 Å². The molecule has 1 fully saturated rings. The molecule has 0 unspecified atom stereocenters. The molecular formula is C14H21NO4. The second-order valence-corrected chi connectivity index (χ2v) is 5.97. The molecule has 1 amide bonds. The van der Waals surface area contributed by atoms with E-state index in [1.165, 1.54) is 4.90 Å². The number of carbonyl (C=O) groups excluding carboxylic acids is 2. The first-order chi connectivity index (χ1) is 8.81. The molecule has 1 heterocycles. The normalized spacial score (nSPS) is 28.6.